The summed E-state index contributed by atoms with van der Waals surface area (Å²) >= 11 is 0. The van der Waals surface area contributed by atoms with Crippen molar-refractivity contribution in [1.82, 2.24) is 4.90 Å². The molecular formula is C54H110N2O3. The summed E-state index contributed by atoms with van der Waals surface area (Å²) in [4.78, 5) is 15.3. The van der Waals surface area contributed by atoms with Gasteiger partial charge in [0.15, 0.2) is 0 Å². The third-order valence-corrected chi connectivity index (χ3v) is 13.2. The Morgan fingerprint density at radius 1 is 0.441 bits per heavy atom. The van der Waals surface area contributed by atoms with Gasteiger partial charge >= 0.3 is 5.97 Å². The van der Waals surface area contributed by atoms with E-state index in [1.54, 1.807) is 0 Å². The molecule has 0 aromatic carbocycles. The monoisotopic (exact) mass is 835 g/mol. The van der Waals surface area contributed by atoms with E-state index in [1.165, 1.54) is 257 Å². The molecule has 0 bridgehead atoms. The fourth-order valence-electron chi connectivity index (χ4n) is 9.04. The Morgan fingerprint density at radius 2 is 0.746 bits per heavy atom. The van der Waals surface area contributed by atoms with E-state index in [0.717, 1.165) is 32.5 Å². The third kappa shape index (κ3) is 46.7. The molecule has 2 unspecified atom stereocenters. The maximum Gasteiger partial charge on any atom is 0.307 e. The first-order chi connectivity index (χ1) is 29.1. The Balaban J connectivity index is 4.47. The van der Waals surface area contributed by atoms with Crippen LogP contribution in [0.25, 0.3) is 0 Å². The molecule has 59 heavy (non-hydrogen) atoms. The van der Waals surface area contributed by atoms with E-state index in [2.05, 4.69) is 25.7 Å². The number of carbonyl (C=O) groups excluding carboxylic acids is 1. The second-order valence-corrected chi connectivity index (χ2v) is 19.1. The topological polar surface area (TPSA) is 75.8 Å². The van der Waals surface area contributed by atoms with E-state index in [1.807, 2.05) is 0 Å². The quantitative estimate of drug-likeness (QED) is 0.0472. The van der Waals surface area contributed by atoms with Crippen LogP contribution in [0.1, 0.15) is 297 Å². The van der Waals surface area contributed by atoms with Crippen molar-refractivity contribution in [1.29, 1.82) is 0 Å². The number of hydrogen-bond donors (Lipinski definition) is 2. The second kappa shape index (κ2) is 50.0. The fraction of sp³-hybridized carbons (Fsp3) is 0.981. The summed E-state index contributed by atoms with van der Waals surface area (Å²) in [5.74, 6) is 0.559. The Hall–Kier alpha value is -0.650. The first kappa shape index (κ1) is 58.4. The lowest BCUT2D eigenvalue weighted by Crippen LogP contribution is -2.29. The molecule has 0 rings (SSSR count). The molecule has 354 valence electrons. The molecule has 0 saturated carbocycles. The van der Waals surface area contributed by atoms with Crippen molar-refractivity contribution >= 4 is 5.97 Å². The van der Waals surface area contributed by atoms with Crippen LogP contribution in [0.15, 0.2) is 0 Å². The average molecular weight is 835 g/mol. The highest BCUT2D eigenvalue weighted by atomic mass is 16.5. The molecule has 0 aromatic heterocycles. The summed E-state index contributed by atoms with van der Waals surface area (Å²) < 4.78 is 5.71. The highest BCUT2D eigenvalue weighted by molar-refractivity contribution is 5.69. The molecule has 0 spiro atoms. The number of aliphatic hydroxyl groups excluding tert-OH is 1. The van der Waals surface area contributed by atoms with Crippen molar-refractivity contribution in [3.8, 4) is 0 Å². The van der Waals surface area contributed by atoms with Crippen LogP contribution in [0.3, 0.4) is 0 Å². The normalized spacial score (nSPS) is 12.8. The van der Waals surface area contributed by atoms with Gasteiger partial charge in [0.1, 0.15) is 0 Å². The summed E-state index contributed by atoms with van der Waals surface area (Å²) in [6, 6.07) is 0. The number of aliphatic hydroxyl groups is 1. The van der Waals surface area contributed by atoms with Gasteiger partial charge in [0, 0.05) is 13.1 Å². The van der Waals surface area contributed by atoms with Crippen LogP contribution >= 0.6 is 0 Å². The lowest BCUT2D eigenvalue weighted by atomic mass is 9.90. The van der Waals surface area contributed by atoms with Crippen LogP contribution in [0.4, 0.5) is 0 Å². The van der Waals surface area contributed by atoms with Crippen LogP contribution in [0.2, 0.25) is 0 Å². The van der Waals surface area contributed by atoms with Gasteiger partial charge in [0.25, 0.3) is 0 Å². The number of rotatable bonds is 51. The van der Waals surface area contributed by atoms with Gasteiger partial charge in [-0.05, 0) is 44.7 Å². The summed E-state index contributed by atoms with van der Waals surface area (Å²) in [6.45, 7) is 10.8. The van der Waals surface area contributed by atoms with E-state index >= 15 is 0 Å². The fourth-order valence-corrected chi connectivity index (χ4v) is 9.04. The van der Waals surface area contributed by atoms with Crippen molar-refractivity contribution in [2.45, 2.75) is 303 Å². The number of esters is 1. The molecular weight excluding hydrogens is 725 g/mol. The third-order valence-electron chi connectivity index (χ3n) is 13.2. The Kier molecular flexibility index (Phi) is 49.4. The number of carbonyl (C=O) groups is 1. The molecule has 0 radical (unpaired) electrons. The van der Waals surface area contributed by atoms with E-state index in [4.69, 9.17) is 10.5 Å². The molecule has 5 heteroatoms. The van der Waals surface area contributed by atoms with Crippen LogP contribution < -0.4 is 5.73 Å². The maximum atomic E-state index is 12.8. The predicted molar refractivity (Wildman–Crippen MR) is 262 cm³/mol. The van der Waals surface area contributed by atoms with Crippen LogP contribution in [0.5, 0.6) is 0 Å². The number of hydrogen-bond acceptors (Lipinski definition) is 5. The summed E-state index contributed by atoms with van der Waals surface area (Å²) in [5.41, 5.74) is 5.85. The van der Waals surface area contributed by atoms with Gasteiger partial charge in [-0.15, -0.1) is 0 Å². The predicted octanol–water partition coefficient (Wildman–Crippen LogP) is 16.6. The smallest absolute Gasteiger partial charge is 0.307 e. The van der Waals surface area contributed by atoms with Crippen molar-refractivity contribution in [3.63, 3.8) is 0 Å². The molecule has 0 amide bonds. The van der Waals surface area contributed by atoms with E-state index in [-0.39, 0.29) is 12.1 Å². The Bertz CT molecular complexity index is 794. The van der Waals surface area contributed by atoms with Gasteiger partial charge in [-0.2, -0.15) is 0 Å². The summed E-state index contributed by atoms with van der Waals surface area (Å²) in [5, 5.41) is 10.4. The van der Waals surface area contributed by atoms with Crippen molar-refractivity contribution in [3.05, 3.63) is 0 Å². The first-order valence-electron chi connectivity index (χ1n) is 27.3. The Morgan fingerprint density at radius 3 is 1.12 bits per heavy atom. The number of ether oxygens (including phenoxy) is 1. The number of nitrogens with two attached hydrogens (primary N) is 1. The van der Waals surface area contributed by atoms with Gasteiger partial charge in [-0.1, -0.05) is 265 Å². The van der Waals surface area contributed by atoms with Crippen LogP contribution in [-0.2, 0) is 9.53 Å². The molecule has 0 aliphatic carbocycles. The van der Waals surface area contributed by atoms with Gasteiger partial charge in [-0.3, -0.25) is 4.79 Å². The largest absolute Gasteiger partial charge is 0.466 e. The maximum absolute atomic E-state index is 12.8. The lowest BCUT2D eigenvalue weighted by Gasteiger charge is -2.23. The van der Waals surface area contributed by atoms with Gasteiger partial charge < -0.3 is 20.5 Å². The zero-order chi connectivity index (χ0) is 43.0. The minimum absolute atomic E-state index is 0.0122. The highest BCUT2D eigenvalue weighted by Crippen LogP contribution is 2.23. The zero-order valence-corrected chi connectivity index (χ0v) is 40.9. The first-order valence-corrected chi connectivity index (χ1v) is 27.3. The lowest BCUT2D eigenvalue weighted by molar-refractivity contribution is -0.144. The van der Waals surface area contributed by atoms with Crippen molar-refractivity contribution in [2.24, 2.45) is 11.7 Å². The van der Waals surface area contributed by atoms with Gasteiger partial charge in [-0.25, -0.2) is 0 Å². The SMILES string of the molecule is CCCCCCCCCCCCCCCOC(=O)CCN(CCCCCCCCCCCCCC)CCCCC(CCCCCCCCCCCCCC)CC(O)CN. The summed E-state index contributed by atoms with van der Waals surface area (Å²) in [7, 11) is 0. The number of nitrogens with zero attached hydrogens (tertiary/aromatic N) is 1. The molecule has 0 saturated heterocycles. The van der Waals surface area contributed by atoms with E-state index < -0.39 is 0 Å². The minimum Gasteiger partial charge on any atom is -0.466 e. The van der Waals surface area contributed by atoms with Crippen LogP contribution in [-0.4, -0.2) is 54.9 Å². The molecule has 3 N–H and O–H groups in total. The standard InChI is InChI=1S/C54H110N2O3/c1-4-7-10-13-16-19-22-25-28-31-34-37-42-49-59-54(58)45-48-56(46-40-36-33-30-27-24-21-18-15-12-9-6-3)47-41-39-44-52(50-53(57)51-55)43-38-35-32-29-26-23-20-17-14-11-8-5-2/h52-53,57H,4-51,55H2,1-3H3. The van der Waals surface area contributed by atoms with Crippen molar-refractivity contribution in [2.75, 3.05) is 32.8 Å². The molecule has 0 aliphatic heterocycles. The van der Waals surface area contributed by atoms with Crippen molar-refractivity contribution < 1.29 is 14.6 Å². The molecule has 0 aliphatic rings. The molecule has 0 aromatic rings. The van der Waals surface area contributed by atoms with E-state index in [9.17, 15) is 9.90 Å². The molecule has 0 heterocycles. The van der Waals surface area contributed by atoms with Gasteiger partial charge in [0.05, 0.1) is 19.1 Å². The minimum atomic E-state index is -0.370. The molecule has 5 nitrogen and oxygen atoms in total. The highest BCUT2D eigenvalue weighted by Gasteiger charge is 2.15. The summed E-state index contributed by atoms with van der Waals surface area (Å²) in [6.07, 6.45) is 56.1. The number of unbranched alkanes of at least 4 members (excludes halogenated alkanes) is 35. The van der Waals surface area contributed by atoms with Crippen LogP contribution in [0, 0.1) is 5.92 Å². The van der Waals surface area contributed by atoms with E-state index in [0.29, 0.717) is 25.5 Å². The average Bonchev–Trinajstić information content (AvgIpc) is 3.24. The van der Waals surface area contributed by atoms with Gasteiger partial charge in [0.2, 0.25) is 0 Å². The second-order valence-electron chi connectivity index (χ2n) is 19.1. The molecule has 0 fully saturated rings. The zero-order valence-electron chi connectivity index (χ0n) is 40.9. The molecule has 2 atom stereocenters. The Labute approximate surface area is 371 Å².